The smallest absolute Gasteiger partial charge is 0.214 e. The van der Waals surface area contributed by atoms with Crippen molar-refractivity contribution in [2.75, 3.05) is 0 Å². The number of hydrogen-bond donors (Lipinski definition) is 0. The van der Waals surface area contributed by atoms with Crippen LogP contribution in [0, 0.1) is 5.92 Å². The van der Waals surface area contributed by atoms with Gasteiger partial charge in [0.1, 0.15) is 0 Å². The molecule has 1 unspecified atom stereocenters. The van der Waals surface area contributed by atoms with E-state index in [2.05, 4.69) is 52.6 Å². The van der Waals surface area contributed by atoms with Crippen molar-refractivity contribution in [2.24, 2.45) is 5.92 Å². The standard InChI is InChI=1S/C15H24ClNO/c1-10(2)11(3)18-14-8-12(9-16)7-13(17-14)15(4,5)6/h7-8,10-11H,9H2,1-6H3. The van der Waals surface area contributed by atoms with Gasteiger partial charge in [-0.3, -0.25) is 0 Å². The Morgan fingerprint density at radius 2 is 1.83 bits per heavy atom. The number of rotatable bonds is 4. The third-order valence-corrected chi connectivity index (χ3v) is 3.34. The maximum Gasteiger partial charge on any atom is 0.214 e. The van der Waals surface area contributed by atoms with Crippen LogP contribution in [-0.2, 0) is 11.3 Å². The highest BCUT2D eigenvalue weighted by molar-refractivity contribution is 6.17. The molecule has 0 saturated carbocycles. The van der Waals surface area contributed by atoms with Crippen molar-refractivity contribution < 1.29 is 4.74 Å². The van der Waals surface area contributed by atoms with Gasteiger partial charge in [0.05, 0.1) is 11.8 Å². The number of nitrogens with zero attached hydrogens (tertiary/aromatic N) is 1. The summed E-state index contributed by atoms with van der Waals surface area (Å²) in [5.41, 5.74) is 2.08. The van der Waals surface area contributed by atoms with Crippen molar-refractivity contribution in [1.29, 1.82) is 0 Å². The van der Waals surface area contributed by atoms with Gasteiger partial charge in [0, 0.05) is 17.4 Å². The third-order valence-electron chi connectivity index (χ3n) is 3.03. The van der Waals surface area contributed by atoms with Crippen LogP contribution in [0.2, 0.25) is 0 Å². The van der Waals surface area contributed by atoms with Gasteiger partial charge in [-0.1, -0.05) is 34.6 Å². The van der Waals surface area contributed by atoms with Crippen LogP contribution in [0.15, 0.2) is 12.1 Å². The zero-order chi connectivity index (χ0) is 13.9. The van der Waals surface area contributed by atoms with Crippen LogP contribution in [0.3, 0.4) is 0 Å². The molecule has 18 heavy (non-hydrogen) atoms. The fourth-order valence-electron chi connectivity index (χ4n) is 1.41. The highest BCUT2D eigenvalue weighted by Crippen LogP contribution is 2.25. The van der Waals surface area contributed by atoms with Crippen LogP contribution in [0.4, 0.5) is 0 Å². The first kappa shape index (κ1) is 15.3. The lowest BCUT2D eigenvalue weighted by Gasteiger charge is -2.22. The molecule has 2 nitrogen and oxygen atoms in total. The van der Waals surface area contributed by atoms with E-state index >= 15 is 0 Å². The van der Waals surface area contributed by atoms with Gasteiger partial charge in [-0.15, -0.1) is 11.6 Å². The van der Waals surface area contributed by atoms with E-state index in [4.69, 9.17) is 16.3 Å². The number of halogens is 1. The summed E-state index contributed by atoms with van der Waals surface area (Å²) in [4.78, 5) is 4.59. The lowest BCUT2D eigenvalue weighted by atomic mass is 9.91. The van der Waals surface area contributed by atoms with Crippen LogP contribution < -0.4 is 4.74 Å². The van der Waals surface area contributed by atoms with Gasteiger partial charge in [0.2, 0.25) is 5.88 Å². The lowest BCUT2D eigenvalue weighted by molar-refractivity contribution is 0.162. The molecular formula is C15H24ClNO. The zero-order valence-electron chi connectivity index (χ0n) is 12.2. The molecule has 0 aromatic carbocycles. The number of pyridine rings is 1. The maximum atomic E-state index is 5.94. The van der Waals surface area contributed by atoms with E-state index in [-0.39, 0.29) is 11.5 Å². The molecule has 0 amide bonds. The van der Waals surface area contributed by atoms with Crippen molar-refractivity contribution in [3.63, 3.8) is 0 Å². The second-order valence-electron chi connectivity index (χ2n) is 6.15. The van der Waals surface area contributed by atoms with Gasteiger partial charge in [0.15, 0.2) is 0 Å². The first-order valence-corrected chi connectivity index (χ1v) is 7.01. The van der Waals surface area contributed by atoms with E-state index in [0.717, 1.165) is 11.3 Å². The Bertz CT molecular complexity index is 396. The normalized spacial score (nSPS) is 13.8. The lowest BCUT2D eigenvalue weighted by Crippen LogP contribution is -2.21. The minimum absolute atomic E-state index is 0.00124. The summed E-state index contributed by atoms with van der Waals surface area (Å²) in [6.07, 6.45) is 0.149. The molecule has 0 fully saturated rings. The molecule has 0 aliphatic carbocycles. The minimum atomic E-state index is 0.00124. The summed E-state index contributed by atoms with van der Waals surface area (Å²) >= 11 is 5.94. The van der Waals surface area contributed by atoms with Gasteiger partial charge in [-0.05, 0) is 24.5 Å². The summed E-state index contributed by atoms with van der Waals surface area (Å²) in [6, 6.07) is 3.99. The highest BCUT2D eigenvalue weighted by atomic mass is 35.5. The van der Waals surface area contributed by atoms with Crippen LogP contribution >= 0.6 is 11.6 Å². The van der Waals surface area contributed by atoms with Crippen LogP contribution in [0.5, 0.6) is 5.88 Å². The molecule has 0 radical (unpaired) electrons. The molecule has 0 N–H and O–H groups in total. The molecule has 1 aromatic heterocycles. The first-order chi connectivity index (χ1) is 8.24. The Labute approximate surface area is 116 Å². The molecule has 3 heteroatoms. The van der Waals surface area contributed by atoms with Crippen molar-refractivity contribution >= 4 is 11.6 Å². The molecule has 1 atom stereocenters. The predicted octanol–water partition coefficient (Wildman–Crippen LogP) is 4.54. The Hall–Kier alpha value is -0.760. The molecule has 102 valence electrons. The average Bonchev–Trinajstić information content (AvgIpc) is 2.27. The fourth-order valence-corrected chi connectivity index (χ4v) is 1.56. The molecule has 0 spiro atoms. The monoisotopic (exact) mass is 269 g/mol. The van der Waals surface area contributed by atoms with Gasteiger partial charge >= 0.3 is 0 Å². The van der Waals surface area contributed by atoms with Gasteiger partial charge < -0.3 is 4.74 Å². The van der Waals surface area contributed by atoms with Crippen molar-refractivity contribution in [3.8, 4) is 5.88 Å². The van der Waals surface area contributed by atoms with Gasteiger partial charge in [-0.25, -0.2) is 4.98 Å². The number of hydrogen-bond acceptors (Lipinski definition) is 2. The summed E-state index contributed by atoms with van der Waals surface area (Å²) in [5, 5.41) is 0. The summed E-state index contributed by atoms with van der Waals surface area (Å²) < 4.78 is 5.88. The number of ether oxygens (including phenoxy) is 1. The summed E-state index contributed by atoms with van der Waals surface area (Å²) in [6.45, 7) is 12.8. The van der Waals surface area contributed by atoms with E-state index in [1.165, 1.54) is 0 Å². The molecule has 1 rings (SSSR count). The third kappa shape index (κ3) is 4.16. The average molecular weight is 270 g/mol. The number of alkyl halides is 1. The van der Waals surface area contributed by atoms with E-state index in [0.29, 0.717) is 17.7 Å². The molecule has 0 aliphatic rings. The maximum absolute atomic E-state index is 5.94. The molecule has 1 heterocycles. The Morgan fingerprint density at radius 1 is 1.22 bits per heavy atom. The van der Waals surface area contributed by atoms with Crippen molar-refractivity contribution in [1.82, 2.24) is 4.98 Å². The Balaban J connectivity index is 3.05. The molecule has 1 aromatic rings. The largest absolute Gasteiger partial charge is 0.474 e. The molecule has 0 saturated heterocycles. The second kappa shape index (κ2) is 5.92. The summed E-state index contributed by atoms with van der Waals surface area (Å²) in [5.74, 6) is 1.63. The zero-order valence-corrected chi connectivity index (χ0v) is 13.0. The second-order valence-corrected chi connectivity index (χ2v) is 6.42. The quantitative estimate of drug-likeness (QED) is 0.749. The van der Waals surface area contributed by atoms with Crippen LogP contribution in [0.25, 0.3) is 0 Å². The van der Waals surface area contributed by atoms with E-state index in [9.17, 15) is 0 Å². The molecule has 0 bridgehead atoms. The van der Waals surface area contributed by atoms with Crippen LogP contribution in [-0.4, -0.2) is 11.1 Å². The highest BCUT2D eigenvalue weighted by Gasteiger charge is 2.18. The van der Waals surface area contributed by atoms with E-state index in [1.54, 1.807) is 0 Å². The van der Waals surface area contributed by atoms with Gasteiger partial charge in [0.25, 0.3) is 0 Å². The number of aromatic nitrogens is 1. The van der Waals surface area contributed by atoms with Gasteiger partial charge in [-0.2, -0.15) is 0 Å². The fraction of sp³-hybridized carbons (Fsp3) is 0.667. The predicted molar refractivity (Wildman–Crippen MR) is 77.4 cm³/mol. The van der Waals surface area contributed by atoms with E-state index in [1.807, 2.05) is 6.07 Å². The molecular weight excluding hydrogens is 246 g/mol. The van der Waals surface area contributed by atoms with E-state index < -0.39 is 0 Å². The van der Waals surface area contributed by atoms with Crippen LogP contribution in [0.1, 0.15) is 52.8 Å². The first-order valence-electron chi connectivity index (χ1n) is 6.48. The van der Waals surface area contributed by atoms with Crippen molar-refractivity contribution in [3.05, 3.63) is 23.4 Å². The topological polar surface area (TPSA) is 22.1 Å². The SMILES string of the molecule is CC(C)C(C)Oc1cc(CCl)cc(C(C)(C)C)n1. The molecule has 0 aliphatic heterocycles. The minimum Gasteiger partial charge on any atom is -0.474 e. The van der Waals surface area contributed by atoms with Crippen molar-refractivity contribution in [2.45, 2.75) is 58.9 Å². The Kier molecular flexibility index (Phi) is 5.03. The summed E-state index contributed by atoms with van der Waals surface area (Å²) in [7, 11) is 0. The Morgan fingerprint density at radius 3 is 2.28 bits per heavy atom.